The zero-order valence-corrected chi connectivity index (χ0v) is 16.0. The van der Waals surface area contributed by atoms with Gasteiger partial charge in [-0.2, -0.15) is 0 Å². The van der Waals surface area contributed by atoms with E-state index in [9.17, 15) is 4.39 Å². The first-order chi connectivity index (χ1) is 12.7. The highest BCUT2D eigenvalue weighted by molar-refractivity contribution is 5.79. The first-order valence-corrected chi connectivity index (χ1v) is 9.57. The molecular formula is C20H32FN3O2. The van der Waals surface area contributed by atoms with Crippen LogP contribution in [0.3, 0.4) is 0 Å². The van der Waals surface area contributed by atoms with E-state index in [4.69, 9.17) is 14.5 Å². The van der Waals surface area contributed by atoms with E-state index in [-0.39, 0.29) is 5.82 Å². The number of guanidine groups is 1. The molecule has 1 aliphatic carbocycles. The lowest BCUT2D eigenvalue weighted by Gasteiger charge is -2.40. The number of nitrogens with zero attached hydrogens (tertiary/aromatic N) is 1. The normalized spacial score (nSPS) is 16.0. The Balaban J connectivity index is 1.70. The van der Waals surface area contributed by atoms with E-state index in [2.05, 4.69) is 17.6 Å². The van der Waals surface area contributed by atoms with Gasteiger partial charge < -0.3 is 20.1 Å². The number of methoxy groups -OCH3 is 1. The standard InChI is InChI=1S/C20H32FN3O2/c1-3-22-19(24-16-20(10-4-11-20)12-15-25-2)23-13-5-14-26-18-8-6-17(21)7-9-18/h6-9H,3-5,10-16H2,1-2H3,(H2,22,23,24). The van der Waals surface area contributed by atoms with Crippen molar-refractivity contribution in [2.24, 2.45) is 10.4 Å². The number of nitrogens with one attached hydrogen (secondary N) is 2. The molecule has 2 rings (SSSR count). The summed E-state index contributed by atoms with van der Waals surface area (Å²) in [6.07, 6.45) is 5.70. The summed E-state index contributed by atoms with van der Waals surface area (Å²) in [4.78, 5) is 4.78. The van der Waals surface area contributed by atoms with E-state index < -0.39 is 0 Å². The summed E-state index contributed by atoms with van der Waals surface area (Å²) in [6, 6.07) is 6.10. The van der Waals surface area contributed by atoms with Gasteiger partial charge in [-0.15, -0.1) is 0 Å². The maximum absolute atomic E-state index is 12.9. The van der Waals surface area contributed by atoms with E-state index in [0.29, 0.717) is 17.8 Å². The number of hydrogen-bond donors (Lipinski definition) is 2. The Morgan fingerprint density at radius 2 is 1.96 bits per heavy atom. The number of aliphatic imine (C=N–C) groups is 1. The van der Waals surface area contributed by atoms with Gasteiger partial charge in [0.05, 0.1) is 6.61 Å². The Bertz CT molecular complexity index is 544. The topological polar surface area (TPSA) is 54.9 Å². The van der Waals surface area contributed by atoms with Gasteiger partial charge in [0.25, 0.3) is 0 Å². The Kier molecular flexibility index (Phi) is 8.68. The molecule has 146 valence electrons. The van der Waals surface area contributed by atoms with Crippen molar-refractivity contribution >= 4 is 5.96 Å². The first kappa shape index (κ1) is 20.5. The minimum Gasteiger partial charge on any atom is -0.494 e. The molecule has 0 aromatic heterocycles. The highest BCUT2D eigenvalue weighted by Crippen LogP contribution is 2.44. The molecular weight excluding hydrogens is 333 g/mol. The van der Waals surface area contributed by atoms with Gasteiger partial charge in [-0.1, -0.05) is 6.42 Å². The third kappa shape index (κ3) is 6.83. The van der Waals surface area contributed by atoms with Crippen molar-refractivity contribution in [1.29, 1.82) is 0 Å². The van der Waals surface area contributed by atoms with Crippen LogP contribution in [-0.2, 0) is 4.74 Å². The van der Waals surface area contributed by atoms with Crippen molar-refractivity contribution in [3.63, 3.8) is 0 Å². The van der Waals surface area contributed by atoms with Gasteiger partial charge in [-0.05, 0) is 62.3 Å². The van der Waals surface area contributed by atoms with Crippen LogP contribution in [-0.4, -0.2) is 45.9 Å². The van der Waals surface area contributed by atoms with Crippen LogP contribution in [0.4, 0.5) is 4.39 Å². The fraction of sp³-hybridized carbons (Fsp3) is 0.650. The van der Waals surface area contributed by atoms with E-state index in [0.717, 1.165) is 45.0 Å². The van der Waals surface area contributed by atoms with Gasteiger partial charge in [-0.3, -0.25) is 4.99 Å². The van der Waals surface area contributed by atoms with E-state index in [1.807, 2.05) is 0 Å². The summed E-state index contributed by atoms with van der Waals surface area (Å²) < 4.78 is 23.7. The van der Waals surface area contributed by atoms with E-state index >= 15 is 0 Å². The van der Waals surface area contributed by atoms with Crippen LogP contribution in [0, 0.1) is 11.2 Å². The number of hydrogen-bond acceptors (Lipinski definition) is 3. The summed E-state index contributed by atoms with van der Waals surface area (Å²) in [5, 5.41) is 6.66. The lowest BCUT2D eigenvalue weighted by atomic mass is 9.67. The number of halogens is 1. The SMILES string of the molecule is CCNC(=NCC1(CCOC)CCC1)NCCCOc1ccc(F)cc1. The second kappa shape index (κ2) is 11.0. The number of benzene rings is 1. The third-order valence-electron chi connectivity index (χ3n) is 4.86. The van der Waals surface area contributed by atoms with Gasteiger partial charge in [-0.25, -0.2) is 4.39 Å². The molecule has 6 heteroatoms. The van der Waals surface area contributed by atoms with Crippen molar-refractivity contribution in [3.05, 3.63) is 30.1 Å². The maximum atomic E-state index is 12.9. The molecule has 5 nitrogen and oxygen atoms in total. The highest BCUT2D eigenvalue weighted by atomic mass is 19.1. The largest absolute Gasteiger partial charge is 0.494 e. The minimum atomic E-state index is -0.250. The molecule has 2 N–H and O–H groups in total. The Morgan fingerprint density at radius 3 is 2.58 bits per heavy atom. The molecule has 0 atom stereocenters. The summed E-state index contributed by atoms with van der Waals surface area (Å²) in [6.45, 7) is 5.91. The molecule has 0 radical (unpaired) electrons. The summed E-state index contributed by atoms with van der Waals surface area (Å²) in [5.41, 5.74) is 0.323. The molecule has 1 saturated carbocycles. The predicted octanol–water partition coefficient (Wildman–Crippen LogP) is 3.36. The maximum Gasteiger partial charge on any atom is 0.191 e. The lowest BCUT2D eigenvalue weighted by molar-refractivity contribution is 0.0778. The van der Waals surface area contributed by atoms with Crippen molar-refractivity contribution in [1.82, 2.24) is 10.6 Å². The average molecular weight is 365 g/mol. The van der Waals surface area contributed by atoms with Crippen LogP contribution in [0.1, 0.15) is 39.0 Å². The molecule has 1 aliphatic rings. The van der Waals surface area contributed by atoms with Gasteiger partial charge in [0, 0.05) is 33.4 Å². The molecule has 0 unspecified atom stereocenters. The molecule has 0 saturated heterocycles. The molecule has 0 aliphatic heterocycles. The quantitative estimate of drug-likeness (QED) is 0.359. The predicted molar refractivity (Wildman–Crippen MR) is 103 cm³/mol. The highest BCUT2D eigenvalue weighted by Gasteiger charge is 2.36. The lowest BCUT2D eigenvalue weighted by Crippen LogP contribution is -2.40. The summed E-state index contributed by atoms with van der Waals surface area (Å²) >= 11 is 0. The zero-order valence-electron chi connectivity index (χ0n) is 16.0. The second-order valence-electron chi connectivity index (χ2n) is 6.87. The van der Waals surface area contributed by atoms with Gasteiger partial charge in [0.2, 0.25) is 0 Å². The zero-order chi connectivity index (χ0) is 18.7. The van der Waals surface area contributed by atoms with Crippen molar-refractivity contribution < 1.29 is 13.9 Å². The van der Waals surface area contributed by atoms with Crippen LogP contribution >= 0.6 is 0 Å². The minimum absolute atomic E-state index is 0.250. The molecule has 1 aromatic carbocycles. The fourth-order valence-electron chi connectivity index (χ4n) is 3.07. The second-order valence-corrected chi connectivity index (χ2v) is 6.87. The molecule has 0 amide bonds. The Morgan fingerprint density at radius 1 is 1.19 bits per heavy atom. The van der Waals surface area contributed by atoms with Crippen LogP contribution in [0.15, 0.2) is 29.3 Å². The monoisotopic (exact) mass is 365 g/mol. The van der Waals surface area contributed by atoms with E-state index in [1.165, 1.54) is 31.4 Å². The van der Waals surface area contributed by atoms with Crippen LogP contribution in [0.25, 0.3) is 0 Å². The van der Waals surface area contributed by atoms with Crippen molar-refractivity contribution in [2.75, 3.05) is 40.0 Å². The average Bonchev–Trinajstić information content (AvgIpc) is 2.61. The fourth-order valence-corrected chi connectivity index (χ4v) is 3.07. The summed E-state index contributed by atoms with van der Waals surface area (Å²) in [7, 11) is 1.76. The molecule has 0 spiro atoms. The first-order valence-electron chi connectivity index (χ1n) is 9.57. The number of rotatable bonds is 11. The smallest absolute Gasteiger partial charge is 0.191 e. The van der Waals surface area contributed by atoms with E-state index in [1.54, 1.807) is 19.2 Å². The Labute approximate surface area is 156 Å². The third-order valence-corrected chi connectivity index (χ3v) is 4.86. The van der Waals surface area contributed by atoms with Crippen LogP contribution < -0.4 is 15.4 Å². The van der Waals surface area contributed by atoms with Gasteiger partial charge in [0.1, 0.15) is 11.6 Å². The van der Waals surface area contributed by atoms with Crippen molar-refractivity contribution in [2.45, 2.75) is 39.0 Å². The summed E-state index contributed by atoms with van der Waals surface area (Å²) in [5.74, 6) is 1.30. The molecule has 0 heterocycles. The van der Waals surface area contributed by atoms with Gasteiger partial charge in [0.15, 0.2) is 5.96 Å². The molecule has 0 bridgehead atoms. The molecule has 1 aromatic rings. The van der Waals surface area contributed by atoms with Crippen LogP contribution in [0.5, 0.6) is 5.75 Å². The van der Waals surface area contributed by atoms with Crippen LogP contribution in [0.2, 0.25) is 0 Å². The Hall–Kier alpha value is -1.82. The molecule has 26 heavy (non-hydrogen) atoms. The number of ether oxygens (including phenoxy) is 2. The molecule has 1 fully saturated rings. The van der Waals surface area contributed by atoms with Gasteiger partial charge >= 0.3 is 0 Å². The van der Waals surface area contributed by atoms with Crippen molar-refractivity contribution in [3.8, 4) is 5.75 Å².